The van der Waals surface area contributed by atoms with E-state index in [2.05, 4.69) is 13.8 Å². The molecule has 0 aromatic carbocycles. The SMILES string of the molecule is CCC1(CC)CCN(C(=O)N2CCOCC2)C1. The Labute approximate surface area is 104 Å². The third-order valence-electron chi connectivity index (χ3n) is 4.49. The largest absolute Gasteiger partial charge is 0.378 e. The monoisotopic (exact) mass is 240 g/mol. The van der Waals surface area contributed by atoms with Crippen LogP contribution in [0.5, 0.6) is 0 Å². The zero-order valence-electron chi connectivity index (χ0n) is 11.1. The van der Waals surface area contributed by atoms with E-state index in [9.17, 15) is 4.79 Å². The van der Waals surface area contributed by atoms with Gasteiger partial charge < -0.3 is 14.5 Å². The number of rotatable bonds is 2. The molecule has 2 aliphatic heterocycles. The fourth-order valence-corrected chi connectivity index (χ4v) is 2.88. The van der Waals surface area contributed by atoms with Gasteiger partial charge in [0.15, 0.2) is 0 Å². The van der Waals surface area contributed by atoms with E-state index in [0.29, 0.717) is 18.6 Å². The number of amides is 2. The minimum atomic E-state index is 0.220. The summed E-state index contributed by atoms with van der Waals surface area (Å²) in [5.41, 5.74) is 0.377. The Morgan fingerprint density at radius 3 is 2.29 bits per heavy atom. The predicted molar refractivity (Wildman–Crippen MR) is 67.0 cm³/mol. The molecule has 0 aliphatic carbocycles. The number of hydrogen-bond acceptors (Lipinski definition) is 2. The summed E-state index contributed by atoms with van der Waals surface area (Å²) in [6, 6.07) is 0.220. The van der Waals surface area contributed by atoms with E-state index in [1.54, 1.807) is 0 Å². The second kappa shape index (κ2) is 5.25. The maximum atomic E-state index is 12.3. The van der Waals surface area contributed by atoms with Crippen LogP contribution >= 0.6 is 0 Å². The van der Waals surface area contributed by atoms with Crippen LogP contribution in [0.3, 0.4) is 0 Å². The number of likely N-dealkylation sites (tertiary alicyclic amines) is 1. The maximum absolute atomic E-state index is 12.3. The van der Waals surface area contributed by atoms with Crippen molar-refractivity contribution in [1.29, 1.82) is 0 Å². The lowest BCUT2D eigenvalue weighted by Crippen LogP contribution is -2.47. The van der Waals surface area contributed by atoms with E-state index >= 15 is 0 Å². The van der Waals surface area contributed by atoms with Crippen molar-refractivity contribution < 1.29 is 9.53 Å². The quantitative estimate of drug-likeness (QED) is 0.739. The molecule has 2 saturated heterocycles. The summed E-state index contributed by atoms with van der Waals surface area (Å²) in [5, 5.41) is 0. The van der Waals surface area contributed by atoms with E-state index in [1.165, 1.54) is 12.8 Å². The number of carbonyl (C=O) groups excluding carboxylic acids is 1. The highest BCUT2D eigenvalue weighted by molar-refractivity contribution is 5.75. The van der Waals surface area contributed by atoms with Crippen LogP contribution in [0, 0.1) is 5.41 Å². The highest BCUT2D eigenvalue weighted by atomic mass is 16.5. The van der Waals surface area contributed by atoms with Crippen molar-refractivity contribution in [2.75, 3.05) is 39.4 Å². The van der Waals surface area contributed by atoms with Crippen LogP contribution < -0.4 is 0 Å². The molecule has 2 aliphatic rings. The fourth-order valence-electron chi connectivity index (χ4n) is 2.88. The van der Waals surface area contributed by atoms with Gasteiger partial charge in [-0.05, 0) is 24.7 Å². The Balaban J connectivity index is 1.93. The Bertz CT molecular complexity index is 271. The first-order valence-corrected chi connectivity index (χ1v) is 6.82. The van der Waals surface area contributed by atoms with Crippen LogP contribution in [0.15, 0.2) is 0 Å². The molecule has 0 radical (unpaired) electrons. The van der Waals surface area contributed by atoms with Gasteiger partial charge in [0, 0.05) is 26.2 Å². The zero-order chi connectivity index (χ0) is 12.3. The van der Waals surface area contributed by atoms with Gasteiger partial charge in [-0.1, -0.05) is 13.8 Å². The zero-order valence-corrected chi connectivity index (χ0v) is 11.1. The van der Waals surface area contributed by atoms with Gasteiger partial charge in [0.05, 0.1) is 13.2 Å². The van der Waals surface area contributed by atoms with Gasteiger partial charge in [-0.15, -0.1) is 0 Å². The van der Waals surface area contributed by atoms with Crippen LogP contribution in [-0.4, -0.2) is 55.2 Å². The lowest BCUT2D eigenvalue weighted by molar-refractivity contribution is 0.0441. The van der Waals surface area contributed by atoms with Crippen LogP contribution in [0.1, 0.15) is 33.1 Å². The number of carbonyl (C=O) groups is 1. The van der Waals surface area contributed by atoms with E-state index in [4.69, 9.17) is 4.74 Å². The molecule has 2 heterocycles. The molecule has 4 nitrogen and oxygen atoms in total. The van der Waals surface area contributed by atoms with Gasteiger partial charge in [0.2, 0.25) is 0 Å². The Morgan fingerprint density at radius 1 is 1.12 bits per heavy atom. The third kappa shape index (κ3) is 2.57. The van der Waals surface area contributed by atoms with Gasteiger partial charge in [-0.3, -0.25) is 0 Å². The van der Waals surface area contributed by atoms with Gasteiger partial charge in [-0.2, -0.15) is 0 Å². The van der Waals surface area contributed by atoms with Crippen molar-refractivity contribution in [2.24, 2.45) is 5.41 Å². The summed E-state index contributed by atoms with van der Waals surface area (Å²) in [6.45, 7) is 9.23. The topological polar surface area (TPSA) is 32.8 Å². The molecule has 0 unspecified atom stereocenters. The highest BCUT2D eigenvalue weighted by Gasteiger charge is 2.38. The second-order valence-corrected chi connectivity index (χ2v) is 5.26. The first kappa shape index (κ1) is 12.7. The van der Waals surface area contributed by atoms with Crippen molar-refractivity contribution in [3.63, 3.8) is 0 Å². The number of urea groups is 1. The van der Waals surface area contributed by atoms with Crippen molar-refractivity contribution in [1.82, 2.24) is 9.80 Å². The Kier molecular flexibility index (Phi) is 3.92. The molecule has 17 heavy (non-hydrogen) atoms. The van der Waals surface area contributed by atoms with Crippen LogP contribution in [0.4, 0.5) is 4.79 Å². The van der Waals surface area contributed by atoms with Gasteiger partial charge in [-0.25, -0.2) is 4.79 Å². The molecule has 0 spiro atoms. The lowest BCUT2D eigenvalue weighted by Gasteiger charge is -2.32. The normalized spacial score (nSPS) is 24.1. The molecular weight excluding hydrogens is 216 g/mol. The summed E-state index contributed by atoms with van der Waals surface area (Å²) >= 11 is 0. The molecule has 2 fully saturated rings. The minimum Gasteiger partial charge on any atom is -0.378 e. The molecular formula is C13H24N2O2. The van der Waals surface area contributed by atoms with Crippen LogP contribution in [0.25, 0.3) is 0 Å². The first-order valence-electron chi connectivity index (χ1n) is 6.82. The van der Waals surface area contributed by atoms with Gasteiger partial charge >= 0.3 is 6.03 Å². The average molecular weight is 240 g/mol. The average Bonchev–Trinajstić information content (AvgIpc) is 2.84. The highest BCUT2D eigenvalue weighted by Crippen LogP contribution is 2.37. The standard InChI is InChI=1S/C13H24N2O2/c1-3-13(4-2)5-6-15(11-13)12(16)14-7-9-17-10-8-14/h3-11H2,1-2H3. The van der Waals surface area contributed by atoms with Gasteiger partial charge in [0.1, 0.15) is 0 Å². The third-order valence-corrected chi connectivity index (χ3v) is 4.49. The molecule has 98 valence electrons. The van der Waals surface area contributed by atoms with E-state index < -0.39 is 0 Å². The number of hydrogen-bond donors (Lipinski definition) is 0. The second-order valence-electron chi connectivity index (χ2n) is 5.26. The van der Waals surface area contributed by atoms with E-state index in [-0.39, 0.29) is 6.03 Å². The number of ether oxygens (including phenoxy) is 1. The van der Waals surface area contributed by atoms with Crippen molar-refractivity contribution in [2.45, 2.75) is 33.1 Å². The predicted octanol–water partition coefficient (Wildman–Crippen LogP) is 1.95. The molecule has 0 bridgehead atoms. The molecule has 0 N–H and O–H groups in total. The van der Waals surface area contributed by atoms with Crippen molar-refractivity contribution in [3.8, 4) is 0 Å². The molecule has 0 atom stereocenters. The first-order chi connectivity index (χ1) is 8.21. The molecule has 0 saturated carbocycles. The summed E-state index contributed by atoms with van der Waals surface area (Å²) in [6.07, 6.45) is 3.52. The molecule has 0 aromatic heterocycles. The number of nitrogens with zero attached hydrogens (tertiary/aromatic N) is 2. The molecule has 4 heteroatoms. The van der Waals surface area contributed by atoms with Crippen molar-refractivity contribution >= 4 is 6.03 Å². The minimum absolute atomic E-state index is 0.220. The molecule has 2 amide bonds. The Hall–Kier alpha value is -0.770. The fraction of sp³-hybridized carbons (Fsp3) is 0.923. The summed E-state index contributed by atoms with van der Waals surface area (Å²) in [5.74, 6) is 0. The lowest BCUT2D eigenvalue weighted by atomic mass is 9.82. The van der Waals surface area contributed by atoms with Crippen LogP contribution in [0.2, 0.25) is 0 Å². The smallest absolute Gasteiger partial charge is 0.320 e. The van der Waals surface area contributed by atoms with E-state index in [0.717, 1.165) is 32.6 Å². The molecule has 0 aromatic rings. The molecule has 2 rings (SSSR count). The maximum Gasteiger partial charge on any atom is 0.320 e. The van der Waals surface area contributed by atoms with Crippen LogP contribution in [-0.2, 0) is 4.74 Å². The Morgan fingerprint density at radius 2 is 1.76 bits per heavy atom. The van der Waals surface area contributed by atoms with E-state index in [1.807, 2.05) is 9.80 Å². The van der Waals surface area contributed by atoms with Crippen molar-refractivity contribution in [3.05, 3.63) is 0 Å². The summed E-state index contributed by atoms with van der Waals surface area (Å²) in [7, 11) is 0. The number of morpholine rings is 1. The summed E-state index contributed by atoms with van der Waals surface area (Å²) in [4.78, 5) is 16.3. The summed E-state index contributed by atoms with van der Waals surface area (Å²) < 4.78 is 5.28. The van der Waals surface area contributed by atoms with Gasteiger partial charge in [0.25, 0.3) is 0 Å².